The van der Waals surface area contributed by atoms with Crippen LogP contribution in [0.25, 0.3) is 0 Å². The van der Waals surface area contributed by atoms with Gasteiger partial charge in [0, 0.05) is 44.4 Å². The third kappa shape index (κ3) is 14.0. The lowest BCUT2D eigenvalue weighted by atomic mass is 9.90. The van der Waals surface area contributed by atoms with Crippen molar-refractivity contribution in [1.82, 2.24) is 20.1 Å². The summed E-state index contributed by atoms with van der Waals surface area (Å²) in [5.74, 6) is 0.218. The average molecular weight is 845 g/mol. The highest BCUT2D eigenvalue weighted by Gasteiger charge is 2.34. The fraction of sp³-hybridized carbons (Fsp3) is 0.706. The maximum Gasteiger partial charge on any atom is 0.410 e. The van der Waals surface area contributed by atoms with E-state index in [2.05, 4.69) is 16.0 Å². The van der Waals surface area contributed by atoms with E-state index in [1.807, 2.05) is 48.5 Å². The Hall–Kier alpha value is -2.92. The molecule has 2 fully saturated rings. The maximum atomic E-state index is 12.1. The lowest BCUT2D eigenvalue weighted by molar-refractivity contribution is 0.0189. The van der Waals surface area contributed by atoms with Gasteiger partial charge < -0.3 is 39.2 Å². The number of carboxylic acids is 1. The van der Waals surface area contributed by atoms with E-state index >= 15 is 0 Å². The second-order valence-electron chi connectivity index (χ2n) is 13.6. The van der Waals surface area contributed by atoms with Crippen molar-refractivity contribution in [3.05, 3.63) is 34.0 Å². The molecule has 16 heteroatoms. The summed E-state index contributed by atoms with van der Waals surface area (Å²) in [5.41, 5.74) is 5.31. The number of halogens is 2. The van der Waals surface area contributed by atoms with Crippen molar-refractivity contribution in [1.29, 1.82) is 0.594 Å². The topological polar surface area (TPSA) is 192 Å². The molecule has 0 aliphatic carbocycles. The van der Waals surface area contributed by atoms with E-state index < -0.39 is 17.2 Å². The van der Waals surface area contributed by atoms with Gasteiger partial charge in [0.05, 0.1) is 17.0 Å². The number of carbonyl (C=O) groups excluding carboxylic acids is 3. The second-order valence-corrected chi connectivity index (χ2v) is 13.6. The number of piperidine rings is 2. The Morgan fingerprint density at radius 2 is 1.12 bits per heavy atom. The summed E-state index contributed by atoms with van der Waals surface area (Å²) in [4.78, 5) is 50.9. The van der Waals surface area contributed by atoms with E-state index in [1.165, 1.54) is 30.8 Å². The summed E-state index contributed by atoms with van der Waals surface area (Å²) in [5, 5.41) is 17.0. The van der Waals surface area contributed by atoms with Gasteiger partial charge in [0.25, 0.3) is 0 Å². The number of aromatic nitrogens is 2. The number of rotatable bonds is 5. The largest absolute Gasteiger partial charge is 0.477 e. The van der Waals surface area contributed by atoms with Gasteiger partial charge in [-0.1, -0.05) is 24.7 Å². The number of hydrogen-bond donors (Lipinski definition) is 2. The minimum Gasteiger partial charge on any atom is -0.477 e. The van der Waals surface area contributed by atoms with Gasteiger partial charge in [-0.05, 0) is 88.1 Å². The molecule has 2 amide bonds. The molecule has 0 bridgehead atoms. The van der Waals surface area contributed by atoms with Crippen LogP contribution in [-0.4, -0.2) is 94.2 Å². The maximum absolute atomic E-state index is 12.1. The van der Waals surface area contributed by atoms with Gasteiger partial charge in [-0.15, -0.1) is 36.2 Å². The average Bonchev–Trinajstić information content (AvgIpc) is 3.64. The van der Waals surface area contributed by atoms with E-state index in [1.54, 1.807) is 23.6 Å². The molecule has 0 atom stereocenters. The number of aryl methyl sites for hydroxylation is 2. The molecule has 0 saturated carbocycles. The fourth-order valence-electron chi connectivity index (χ4n) is 5.41. The first kappa shape index (κ1) is 47.1. The van der Waals surface area contributed by atoms with Crippen molar-refractivity contribution in [3.63, 3.8) is 0 Å². The number of hydrogen-bond acceptors (Lipinski definition) is 11. The monoisotopic (exact) mass is 844 g/mol. The molecular formula is C34H59ClIN5O9. The van der Waals surface area contributed by atoms with Crippen LogP contribution >= 0.6 is 36.2 Å². The standard InChI is InChI=1S/C17H26N2O4.C15H22N2O5.CH5N.CH4.ClH.HI/c1-6-13(20)14-11(2)18-23-15(14)12-7-9-19(10-8-12)16(21)22-17(3,4)5;1-9-11(13(18)19)12(22-16-9)10-5-7-17(8-6-10)14(20)21-15(2,3)4;1-2;;;/h12H,6-10H2,1-5H3;10H,5-8H2,1-4H3,(H,18,19);2H2,1H3;1H4;2*1H/i/hD. The molecule has 14 nitrogen and oxygen atoms in total. The predicted octanol–water partition coefficient (Wildman–Crippen LogP) is 7.74. The number of aromatic carboxylic acids is 1. The molecule has 2 aliphatic rings. The van der Waals surface area contributed by atoms with Crippen LogP contribution in [-0.2, 0) is 9.47 Å². The number of carbonyl (C=O) groups is 4. The fourth-order valence-corrected chi connectivity index (χ4v) is 5.41. The van der Waals surface area contributed by atoms with Gasteiger partial charge >= 0.3 is 18.2 Å². The number of ketones is 1. The number of carboxylic acid groups (broad SMARTS) is 1. The zero-order valence-corrected chi connectivity index (χ0v) is 33.4. The Kier molecular flexibility index (Phi) is 20.2. The van der Waals surface area contributed by atoms with E-state index in [0.29, 0.717) is 73.9 Å². The molecule has 50 heavy (non-hydrogen) atoms. The first-order valence-corrected chi connectivity index (χ1v) is 16.1. The molecule has 2 aromatic rings. The molecule has 3 N–H and O–H groups in total. The molecule has 2 aromatic heterocycles. The minimum atomic E-state index is -1.02. The highest BCUT2D eigenvalue weighted by atomic mass is 127. The Morgan fingerprint density at radius 1 is 0.800 bits per heavy atom. The van der Waals surface area contributed by atoms with E-state index in [0.717, 1.165) is 12.8 Å². The van der Waals surface area contributed by atoms with E-state index in [-0.39, 0.29) is 55.2 Å². The quantitative estimate of drug-likeness (QED) is 0.220. The van der Waals surface area contributed by atoms with E-state index in [4.69, 9.17) is 19.1 Å². The van der Waals surface area contributed by atoms with Crippen molar-refractivity contribution in [2.45, 2.75) is 125 Å². The summed E-state index contributed by atoms with van der Waals surface area (Å²) in [6, 6.07) is 0. The SMILES string of the molecule is C.CCC(=O)c1c(C)noc1C1CCN(C(=O)OC(C)(C)C)CC1.CN.Cc1noc(C2CCN(C(=O)OC(C)(C)C)CC2)c1C(=O)O.Cl.[2H]I. The summed E-state index contributed by atoms with van der Waals surface area (Å²) >= 11 is 1.40. The summed E-state index contributed by atoms with van der Waals surface area (Å²) < 4.78 is 27.1. The molecule has 0 spiro atoms. The summed E-state index contributed by atoms with van der Waals surface area (Å²) in [7, 11) is 1.50. The molecule has 2 aliphatic heterocycles. The Bertz CT molecular complexity index is 1380. The summed E-state index contributed by atoms with van der Waals surface area (Å²) in [6.45, 7) is 18.5. The van der Waals surface area contributed by atoms with Crippen LogP contribution in [0.2, 0.25) is 0 Å². The van der Waals surface area contributed by atoms with Crippen LogP contribution in [0.15, 0.2) is 9.05 Å². The lowest BCUT2D eigenvalue weighted by Gasteiger charge is -2.32. The first-order valence-electron chi connectivity index (χ1n) is 16.5. The van der Waals surface area contributed by atoms with Gasteiger partial charge in [0.15, 0.2) is 17.3 Å². The molecule has 288 valence electrons. The highest BCUT2D eigenvalue weighted by molar-refractivity contribution is 14.0. The Balaban J connectivity index is 0. The first-order chi connectivity index (χ1) is 22.9. The van der Waals surface area contributed by atoms with Crippen LogP contribution in [0.4, 0.5) is 9.59 Å². The third-order valence-electron chi connectivity index (χ3n) is 7.63. The minimum absolute atomic E-state index is 0. The smallest absolute Gasteiger partial charge is 0.410 e. The van der Waals surface area contributed by atoms with Crippen molar-refractivity contribution in [2.75, 3.05) is 33.2 Å². The number of nitrogens with zero attached hydrogens (tertiary/aromatic N) is 4. The van der Waals surface area contributed by atoms with Gasteiger partial charge in [-0.2, -0.15) is 0 Å². The number of Topliss-reactive ketones (excluding diaryl/α,β-unsaturated/α-hetero) is 1. The van der Waals surface area contributed by atoms with E-state index in [9.17, 15) is 24.3 Å². The van der Waals surface area contributed by atoms with Gasteiger partial charge in [0.1, 0.15) is 17.4 Å². The zero-order valence-electron chi connectivity index (χ0n) is 31.4. The molecule has 4 rings (SSSR count). The Labute approximate surface area is 320 Å². The van der Waals surface area contributed by atoms with Gasteiger partial charge in [0.2, 0.25) is 0 Å². The molecule has 0 unspecified atom stereocenters. The molecule has 0 aromatic carbocycles. The normalized spacial score (nSPS) is 15.2. The van der Waals surface area contributed by atoms with Gasteiger partial charge in [-0.25, -0.2) is 14.4 Å². The summed E-state index contributed by atoms with van der Waals surface area (Å²) in [6.07, 6.45) is 2.58. The number of amides is 2. The highest BCUT2D eigenvalue weighted by Crippen LogP contribution is 2.34. The van der Waals surface area contributed by atoms with Crippen LogP contribution in [0.1, 0.15) is 143 Å². The molecule has 4 heterocycles. The third-order valence-corrected chi connectivity index (χ3v) is 7.63. The number of ether oxygens (including phenoxy) is 2. The van der Waals surface area contributed by atoms with Crippen molar-refractivity contribution >= 4 is 60.1 Å². The van der Waals surface area contributed by atoms with Crippen molar-refractivity contribution < 1.29 is 42.8 Å². The van der Waals surface area contributed by atoms with Gasteiger partial charge in [-0.3, -0.25) is 4.79 Å². The molecule has 0 radical (unpaired) electrons. The van der Waals surface area contributed by atoms with Crippen LogP contribution < -0.4 is 5.73 Å². The van der Waals surface area contributed by atoms with Crippen molar-refractivity contribution in [2.24, 2.45) is 5.73 Å². The molecular weight excluding hydrogens is 785 g/mol. The number of nitrogens with two attached hydrogens (primary N) is 1. The molecule has 2 saturated heterocycles. The number of likely N-dealkylation sites (tertiary alicyclic amines) is 2. The van der Waals surface area contributed by atoms with Crippen LogP contribution in [0.5, 0.6) is 0 Å². The zero-order chi connectivity index (χ0) is 37.7. The van der Waals surface area contributed by atoms with Crippen LogP contribution in [0, 0.1) is 13.8 Å². The Morgan fingerprint density at radius 3 is 1.42 bits per heavy atom. The predicted molar refractivity (Wildman–Crippen MR) is 203 cm³/mol. The lowest BCUT2D eigenvalue weighted by Crippen LogP contribution is -2.41. The van der Waals surface area contributed by atoms with Crippen molar-refractivity contribution in [3.8, 4) is 0 Å². The second kappa shape index (κ2) is 21.4. The van der Waals surface area contributed by atoms with Crippen LogP contribution in [0.3, 0.4) is 0 Å².